The van der Waals surface area contributed by atoms with Gasteiger partial charge < -0.3 is 15.4 Å². The number of rotatable bonds is 3. The van der Waals surface area contributed by atoms with Gasteiger partial charge >= 0.3 is 0 Å². The summed E-state index contributed by atoms with van der Waals surface area (Å²) in [7, 11) is 0. The molecule has 0 bridgehead atoms. The van der Waals surface area contributed by atoms with Crippen molar-refractivity contribution < 1.29 is 9.53 Å². The first-order valence-corrected chi connectivity index (χ1v) is 8.96. The van der Waals surface area contributed by atoms with Crippen molar-refractivity contribution in [3.8, 4) is 17.0 Å². The molecule has 26 heavy (non-hydrogen) atoms. The number of aromatic nitrogens is 1. The molecule has 2 N–H and O–H groups in total. The van der Waals surface area contributed by atoms with Crippen LogP contribution in [0.3, 0.4) is 0 Å². The zero-order valence-electron chi connectivity index (χ0n) is 14.8. The molecule has 5 nitrogen and oxygen atoms in total. The van der Waals surface area contributed by atoms with Crippen LogP contribution in [0.15, 0.2) is 36.4 Å². The standard InChI is InChI=1S/C20H23N3O2.ClH/c1-13-11-16(7-9-21-13)20(24)23-19-4-2-3-17(22-19)14-5-6-18-15(12-14)8-10-25-18;/h2-6,12-13,16,21H,7-11H2,1H3,(H,22,23,24);1H/t13-,16-;/m0./s1. The van der Waals surface area contributed by atoms with Crippen LogP contribution in [-0.2, 0) is 11.2 Å². The molecule has 1 aromatic carbocycles. The van der Waals surface area contributed by atoms with Crippen molar-refractivity contribution >= 4 is 24.1 Å². The molecule has 0 saturated carbocycles. The van der Waals surface area contributed by atoms with E-state index in [4.69, 9.17) is 4.74 Å². The first-order valence-electron chi connectivity index (χ1n) is 8.96. The molecular weight excluding hydrogens is 350 g/mol. The van der Waals surface area contributed by atoms with E-state index in [9.17, 15) is 4.79 Å². The molecule has 2 aliphatic rings. The zero-order chi connectivity index (χ0) is 17.2. The Labute approximate surface area is 160 Å². The lowest BCUT2D eigenvalue weighted by Gasteiger charge is -2.26. The minimum absolute atomic E-state index is 0. The van der Waals surface area contributed by atoms with Crippen LogP contribution in [0.5, 0.6) is 5.75 Å². The highest BCUT2D eigenvalue weighted by Crippen LogP contribution is 2.30. The highest BCUT2D eigenvalue weighted by atomic mass is 35.5. The van der Waals surface area contributed by atoms with Crippen molar-refractivity contribution in [3.63, 3.8) is 0 Å². The van der Waals surface area contributed by atoms with Gasteiger partial charge in [0.1, 0.15) is 11.6 Å². The number of nitrogens with one attached hydrogen (secondary N) is 2. The van der Waals surface area contributed by atoms with Gasteiger partial charge in [-0.15, -0.1) is 12.4 Å². The number of nitrogens with zero attached hydrogens (tertiary/aromatic N) is 1. The van der Waals surface area contributed by atoms with Crippen molar-refractivity contribution in [2.45, 2.75) is 32.2 Å². The van der Waals surface area contributed by atoms with Gasteiger partial charge in [-0.3, -0.25) is 4.79 Å². The van der Waals surface area contributed by atoms with Gasteiger partial charge in [0.05, 0.1) is 12.3 Å². The molecule has 2 aromatic rings. The van der Waals surface area contributed by atoms with Crippen molar-refractivity contribution in [1.82, 2.24) is 10.3 Å². The highest BCUT2D eigenvalue weighted by Gasteiger charge is 2.25. The van der Waals surface area contributed by atoms with Crippen LogP contribution in [0.1, 0.15) is 25.3 Å². The van der Waals surface area contributed by atoms with Crippen LogP contribution in [0.2, 0.25) is 0 Å². The van der Waals surface area contributed by atoms with Gasteiger partial charge in [0.2, 0.25) is 5.91 Å². The summed E-state index contributed by atoms with van der Waals surface area (Å²) in [5.74, 6) is 1.71. The Kier molecular flexibility index (Phi) is 5.79. The van der Waals surface area contributed by atoms with E-state index in [0.29, 0.717) is 11.9 Å². The Morgan fingerprint density at radius 1 is 1.31 bits per heavy atom. The molecule has 138 valence electrons. The Morgan fingerprint density at radius 2 is 2.19 bits per heavy atom. The topological polar surface area (TPSA) is 63.2 Å². The molecule has 6 heteroatoms. The van der Waals surface area contributed by atoms with Gasteiger partial charge in [-0.25, -0.2) is 4.98 Å². The molecule has 2 atom stereocenters. The SMILES string of the molecule is C[C@H]1C[C@@H](C(=O)Nc2cccc(-c3ccc4c(c3)CCO4)n2)CCN1.Cl. The van der Waals surface area contributed by atoms with Crippen LogP contribution in [-0.4, -0.2) is 30.1 Å². The first kappa shape index (κ1) is 18.7. The predicted octanol–water partition coefficient (Wildman–Crippen LogP) is 3.43. The van der Waals surface area contributed by atoms with Crippen molar-refractivity contribution in [2.24, 2.45) is 5.92 Å². The number of halogens is 1. The summed E-state index contributed by atoms with van der Waals surface area (Å²) in [5.41, 5.74) is 3.14. The Balaban J connectivity index is 0.00000196. The van der Waals surface area contributed by atoms with Crippen molar-refractivity contribution in [3.05, 3.63) is 42.0 Å². The quantitative estimate of drug-likeness (QED) is 0.865. The average molecular weight is 374 g/mol. The maximum absolute atomic E-state index is 12.5. The van der Waals surface area contributed by atoms with Gasteiger partial charge in [-0.1, -0.05) is 6.07 Å². The lowest BCUT2D eigenvalue weighted by Crippen LogP contribution is -2.40. The minimum atomic E-state index is 0. The number of fused-ring (bicyclic) bond motifs is 1. The van der Waals surface area contributed by atoms with Crippen LogP contribution >= 0.6 is 12.4 Å². The third kappa shape index (κ3) is 4.00. The summed E-state index contributed by atoms with van der Waals surface area (Å²) < 4.78 is 5.56. The van der Waals surface area contributed by atoms with Gasteiger partial charge in [0.25, 0.3) is 0 Å². The largest absolute Gasteiger partial charge is 0.493 e. The van der Waals surface area contributed by atoms with E-state index in [1.165, 1.54) is 5.56 Å². The minimum Gasteiger partial charge on any atom is -0.493 e. The Bertz CT molecular complexity index is 796. The number of hydrogen-bond acceptors (Lipinski definition) is 4. The number of carbonyl (C=O) groups excluding carboxylic acids is 1. The van der Waals surface area contributed by atoms with Crippen LogP contribution in [0, 0.1) is 5.92 Å². The Hall–Kier alpha value is -2.11. The average Bonchev–Trinajstić information content (AvgIpc) is 3.09. The molecule has 4 rings (SSSR count). The van der Waals surface area contributed by atoms with Gasteiger partial charge in [-0.2, -0.15) is 0 Å². The molecule has 0 unspecified atom stereocenters. The van der Waals surface area contributed by atoms with Crippen LogP contribution in [0.25, 0.3) is 11.3 Å². The second-order valence-electron chi connectivity index (χ2n) is 6.89. The molecule has 1 amide bonds. The van der Waals surface area contributed by atoms with Crippen molar-refractivity contribution in [1.29, 1.82) is 0 Å². The van der Waals surface area contributed by atoms with Crippen molar-refractivity contribution in [2.75, 3.05) is 18.5 Å². The number of piperidine rings is 1. The maximum atomic E-state index is 12.5. The molecule has 0 aliphatic carbocycles. The summed E-state index contributed by atoms with van der Waals surface area (Å²) in [6.07, 6.45) is 2.69. The fourth-order valence-corrected chi connectivity index (χ4v) is 3.61. The number of ether oxygens (including phenoxy) is 1. The normalized spacial score (nSPS) is 21.3. The summed E-state index contributed by atoms with van der Waals surface area (Å²) in [6, 6.07) is 12.3. The lowest BCUT2D eigenvalue weighted by atomic mass is 9.92. The summed E-state index contributed by atoms with van der Waals surface area (Å²) in [6.45, 7) is 3.76. The van der Waals surface area contributed by atoms with Gasteiger partial charge in [-0.05, 0) is 62.2 Å². The third-order valence-electron chi connectivity index (χ3n) is 4.98. The lowest BCUT2D eigenvalue weighted by molar-refractivity contribution is -0.120. The molecule has 3 heterocycles. The number of benzene rings is 1. The molecule has 2 aliphatic heterocycles. The number of hydrogen-bond donors (Lipinski definition) is 2. The molecule has 0 spiro atoms. The molecule has 1 aromatic heterocycles. The number of carbonyl (C=O) groups is 1. The molecule has 1 fully saturated rings. The van der Waals surface area contributed by atoms with E-state index < -0.39 is 0 Å². The molecule has 1 saturated heterocycles. The smallest absolute Gasteiger partial charge is 0.228 e. The van der Waals surface area contributed by atoms with E-state index in [0.717, 1.165) is 49.4 Å². The van der Waals surface area contributed by atoms with E-state index >= 15 is 0 Å². The Morgan fingerprint density at radius 3 is 3.04 bits per heavy atom. The third-order valence-corrected chi connectivity index (χ3v) is 4.98. The van der Waals surface area contributed by atoms with E-state index in [-0.39, 0.29) is 24.2 Å². The van der Waals surface area contributed by atoms with Crippen LogP contribution < -0.4 is 15.4 Å². The molecule has 0 radical (unpaired) electrons. The maximum Gasteiger partial charge on any atom is 0.228 e. The number of amides is 1. The second-order valence-corrected chi connectivity index (χ2v) is 6.89. The van der Waals surface area contributed by atoms with E-state index in [1.807, 2.05) is 30.3 Å². The fraction of sp³-hybridized carbons (Fsp3) is 0.400. The fourth-order valence-electron chi connectivity index (χ4n) is 3.61. The second kappa shape index (κ2) is 8.06. The van der Waals surface area contributed by atoms with E-state index in [2.05, 4.69) is 28.6 Å². The van der Waals surface area contributed by atoms with Gasteiger partial charge in [0.15, 0.2) is 0 Å². The number of anilines is 1. The van der Waals surface area contributed by atoms with Crippen LogP contribution in [0.4, 0.5) is 5.82 Å². The number of pyridine rings is 1. The van der Waals surface area contributed by atoms with Gasteiger partial charge in [0, 0.05) is 23.9 Å². The van der Waals surface area contributed by atoms with E-state index in [1.54, 1.807) is 0 Å². The summed E-state index contributed by atoms with van der Waals surface area (Å²) in [4.78, 5) is 17.2. The monoisotopic (exact) mass is 373 g/mol. The zero-order valence-corrected chi connectivity index (χ0v) is 15.6. The highest BCUT2D eigenvalue weighted by molar-refractivity contribution is 5.92. The summed E-state index contributed by atoms with van der Waals surface area (Å²) >= 11 is 0. The molecular formula is C20H24ClN3O2. The predicted molar refractivity (Wildman–Crippen MR) is 105 cm³/mol. The first-order chi connectivity index (χ1) is 12.2. The summed E-state index contributed by atoms with van der Waals surface area (Å²) in [5, 5.41) is 6.37.